The number of hydrogen-bond donors (Lipinski definition) is 0. The molecule has 0 aromatic heterocycles. The van der Waals surface area contributed by atoms with Crippen molar-refractivity contribution in [2.24, 2.45) is 0 Å². The highest BCUT2D eigenvalue weighted by Gasteiger charge is 2.16. The lowest BCUT2D eigenvalue weighted by Gasteiger charge is -2.14. The predicted octanol–water partition coefficient (Wildman–Crippen LogP) is 2.97. The maximum atomic E-state index is 11.0. The van der Waals surface area contributed by atoms with Crippen LogP contribution in [0.1, 0.15) is 40.1 Å². The highest BCUT2D eigenvalue weighted by atomic mass is 16.5. The summed E-state index contributed by atoms with van der Waals surface area (Å²) < 4.78 is 10.8. The van der Waals surface area contributed by atoms with Gasteiger partial charge in [0.2, 0.25) is 0 Å². The summed E-state index contributed by atoms with van der Waals surface area (Å²) in [7, 11) is 1.46. The van der Waals surface area contributed by atoms with Crippen LogP contribution < -0.4 is 9.47 Å². The Morgan fingerprint density at radius 1 is 1.26 bits per heavy atom. The Morgan fingerprint density at radius 2 is 1.95 bits per heavy atom. The van der Waals surface area contributed by atoms with Gasteiger partial charge in [-0.15, -0.1) is 0 Å². The molecule has 0 N–H and O–H groups in total. The Bertz CT molecular complexity index is 511. The maximum absolute atomic E-state index is 11.0. The van der Waals surface area contributed by atoms with Gasteiger partial charge in [0.1, 0.15) is 18.1 Å². The minimum atomic E-state index is 0.254. The fraction of sp³-hybridized carbons (Fsp3) is 0.333. The number of methoxy groups -OCH3 is 1. The molecule has 4 heteroatoms. The molecule has 0 aliphatic rings. The van der Waals surface area contributed by atoms with Gasteiger partial charge < -0.3 is 9.47 Å². The van der Waals surface area contributed by atoms with E-state index in [9.17, 15) is 9.59 Å². The molecule has 1 aromatic rings. The van der Waals surface area contributed by atoms with Crippen molar-refractivity contribution in [2.45, 2.75) is 20.8 Å². The molecule has 0 spiro atoms. The molecule has 0 aliphatic heterocycles. The molecule has 0 unspecified atom stereocenters. The van der Waals surface area contributed by atoms with Gasteiger partial charge in [0, 0.05) is 11.1 Å². The maximum Gasteiger partial charge on any atom is 0.154 e. The Morgan fingerprint density at radius 3 is 2.42 bits per heavy atom. The second kappa shape index (κ2) is 6.73. The molecule has 0 saturated carbocycles. The first-order valence-corrected chi connectivity index (χ1v) is 5.93. The van der Waals surface area contributed by atoms with Crippen molar-refractivity contribution in [1.82, 2.24) is 0 Å². The Hall–Kier alpha value is -2.10. The third-order valence-electron chi connectivity index (χ3n) is 2.73. The topological polar surface area (TPSA) is 52.6 Å². The molecule has 0 saturated heterocycles. The van der Waals surface area contributed by atoms with E-state index in [4.69, 9.17) is 9.47 Å². The highest BCUT2D eigenvalue weighted by Crippen LogP contribution is 2.33. The molecule has 0 bridgehead atoms. The molecule has 1 aromatic carbocycles. The standard InChI is InChI=1S/C15H18O4/c1-10(2)5-6-19-14-7-12(8-16)13(9-17)15(18-4)11(14)3/h5,7-9H,6H2,1-4H3. The van der Waals surface area contributed by atoms with Gasteiger partial charge in [-0.1, -0.05) is 5.57 Å². The van der Waals surface area contributed by atoms with Crippen LogP contribution in [0, 0.1) is 6.92 Å². The van der Waals surface area contributed by atoms with Crippen LogP contribution in [-0.2, 0) is 0 Å². The van der Waals surface area contributed by atoms with E-state index in [0.717, 1.165) is 5.57 Å². The number of carbonyl (C=O) groups excluding carboxylic acids is 2. The number of hydrogen-bond acceptors (Lipinski definition) is 4. The van der Waals surface area contributed by atoms with Crippen LogP contribution in [0.5, 0.6) is 11.5 Å². The van der Waals surface area contributed by atoms with Crippen LogP contribution in [0.3, 0.4) is 0 Å². The van der Waals surface area contributed by atoms with Crippen LogP contribution in [0.2, 0.25) is 0 Å². The van der Waals surface area contributed by atoms with Crippen molar-refractivity contribution in [3.05, 3.63) is 34.4 Å². The Kier molecular flexibility index (Phi) is 5.30. The van der Waals surface area contributed by atoms with E-state index in [1.54, 1.807) is 13.0 Å². The van der Waals surface area contributed by atoms with Crippen molar-refractivity contribution in [1.29, 1.82) is 0 Å². The average Bonchev–Trinajstić information content (AvgIpc) is 2.39. The van der Waals surface area contributed by atoms with E-state index < -0.39 is 0 Å². The van der Waals surface area contributed by atoms with E-state index >= 15 is 0 Å². The molecular weight excluding hydrogens is 244 g/mol. The average molecular weight is 262 g/mol. The second-order valence-electron chi connectivity index (χ2n) is 4.36. The van der Waals surface area contributed by atoms with Crippen LogP contribution in [-0.4, -0.2) is 26.3 Å². The van der Waals surface area contributed by atoms with Crippen molar-refractivity contribution in [2.75, 3.05) is 13.7 Å². The van der Waals surface area contributed by atoms with Gasteiger partial charge in [-0.3, -0.25) is 9.59 Å². The van der Waals surface area contributed by atoms with Gasteiger partial charge in [-0.2, -0.15) is 0 Å². The molecule has 0 heterocycles. The Labute approximate surface area is 113 Å². The number of allylic oxidation sites excluding steroid dienone is 1. The lowest BCUT2D eigenvalue weighted by Crippen LogP contribution is -2.03. The monoisotopic (exact) mass is 262 g/mol. The van der Waals surface area contributed by atoms with Gasteiger partial charge >= 0.3 is 0 Å². The van der Waals surface area contributed by atoms with E-state index in [1.165, 1.54) is 7.11 Å². The summed E-state index contributed by atoms with van der Waals surface area (Å²) in [6, 6.07) is 1.56. The van der Waals surface area contributed by atoms with Crippen LogP contribution in [0.15, 0.2) is 17.7 Å². The SMILES string of the molecule is COc1c(C)c(OCC=C(C)C)cc(C=O)c1C=O. The molecule has 19 heavy (non-hydrogen) atoms. The van der Waals surface area contributed by atoms with E-state index in [-0.39, 0.29) is 11.1 Å². The molecule has 1 rings (SSSR count). The second-order valence-corrected chi connectivity index (χ2v) is 4.36. The van der Waals surface area contributed by atoms with Crippen molar-refractivity contribution in [3.8, 4) is 11.5 Å². The molecule has 102 valence electrons. The van der Waals surface area contributed by atoms with E-state index in [1.807, 2.05) is 19.9 Å². The summed E-state index contributed by atoms with van der Waals surface area (Å²) in [5.41, 5.74) is 2.37. The first kappa shape index (κ1) is 15.0. The Balaban J connectivity index is 3.22. The van der Waals surface area contributed by atoms with Crippen molar-refractivity contribution in [3.63, 3.8) is 0 Å². The molecule has 0 amide bonds. The largest absolute Gasteiger partial charge is 0.496 e. The van der Waals surface area contributed by atoms with Crippen LogP contribution >= 0.6 is 0 Å². The van der Waals surface area contributed by atoms with E-state index in [0.29, 0.717) is 36.2 Å². The number of aldehydes is 2. The number of carbonyl (C=O) groups is 2. The van der Waals surface area contributed by atoms with Crippen molar-refractivity contribution >= 4 is 12.6 Å². The van der Waals surface area contributed by atoms with Crippen LogP contribution in [0.25, 0.3) is 0 Å². The highest BCUT2D eigenvalue weighted by molar-refractivity contribution is 5.94. The zero-order valence-electron chi connectivity index (χ0n) is 11.6. The summed E-state index contributed by atoms with van der Waals surface area (Å²) >= 11 is 0. The summed E-state index contributed by atoms with van der Waals surface area (Å²) in [6.45, 7) is 6.15. The van der Waals surface area contributed by atoms with Gasteiger partial charge in [-0.05, 0) is 32.9 Å². The predicted molar refractivity (Wildman–Crippen MR) is 73.4 cm³/mol. The summed E-state index contributed by atoms with van der Waals surface area (Å²) in [6.07, 6.45) is 3.18. The third kappa shape index (κ3) is 3.44. The number of rotatable bonds is 6. The van der Waals surface area contributed by atoms with Gasteiger partial charge in [0.05, 0.1) is 12.7 Å². The zero-order chi connectivity index (χ0) is 14.4. The molecule has 0 radical (unpaired) electrons. The first-order valence-electron chi connectivity index (χ1n) is 5.93. The fourth-order valence-electron chi connectivity index (χ4n) is 1.70. The van der Waals surface area contributed by atoms with E-state index in [2.05, 4.69) is 0 Å². The van der Waals surface area contributed by atoms with Gasteiger partial charge in [0.25, 0.3) is 0 Å². The fourth-order valence-corrected chi connectivity index (χ4v) is 1.70. The first-order chi connectivity index (χ1) is 9.04. The smallest absolute Gasteiger partial charge is 0.154 e. The summed E-state index contributed by atoms with van der Waals surface area (Å²) in [5, 5.41) is 0. The molecule has 0 fully saturated rings. The van der Waals surface area contributed by atoms with Gasteiger partial charge in [-0.25, -0.2) is 0 Å². The minimum Gasteiger partial charge on any atom is -0.496 e. The molecule has 0 atom stereocenters. The summed E-state index contributed by atoms with van der Waals surface area (Å²) in [5.74, 6) is 0.925. The number of benzene rings is 1. The molecular formula is C15H18O4. The lowest BCUT2D eigenvalue weighted by atomic mass is 10.0. The minimum absolute atomic E-state index is 0.254. The third-order valence-corrected chi connectivity index (χ3v) is 2.73. The summed E-state index contributed by atoms with van der Waals surface area (Å²) in [4.78, 5) is 22.1. The molecule has 0 aliphatic carbocycles. The normalized spacial score (nSPS) is 9.68. The quantitative estimate of drug-likeness (QED) is 0.584. The zero-order valence-corrected chi connectivity index (χ0v) is 11.6. The van der Waals surface area contributed by atoms with Gasteiger partial charge in [0.15, 0.2) is 12.6 Å². The number of ether oxygens (including phenoxy) is 2. The lowest BCUT2D eigenvalue weighted by molar-refractivity contribution is 0.109. The van der Waals surface area contributed by atoms with Crippen molar-refractivity contribution < 1.29 is 19.1 Å². The van der Waals surface area contributed by atoms with Crippen LogP contribution in [0.4, 0.5) is 0 Å². The molecule has 4 nitrogen and oxygen atoms in total.